The number of piperidine rings is 1. The van der Waals surface area contributed by atoms with Crippen molar-refractivity contribution in [2.75, 3.05) is 26.7 Å². The van der Waals surface area contributed by atoms with Crippen LogP contribution in [0.4, 0.5) is 4.79 Å². The van der Waals surface area contributed by atoms with Gasteiger partial charge in [-0.1, -0.05) is 93.5 Å². The van der Waals surface area contributed by atoms with E-state index in [0.717, 1.165) is 32.1 Å². The zero-order valence-corrected chi connectivity index (χ0v) is 29.8. The summed E-state index contributed by atoms with van der Waals surface area (Å²) in [5.41, 5.74) is 0.398. The quantitative estimate of drug-likeness (QED) is 0.0586. The van der Waals surface area contributed by atoms with Gasteiger partial charge < -0.3 is 29.0 Å². The minimum Gasteiger partial charge on any atom is -0.507 e. The standard InChI is InChI=1S/C40H52ClNO7/c1-3-4-5-6-7-8-9-10-11-12-13-14-15-16-17-20-25-47-40(46)49-36-27-33(44)38-32(43)26-35(29-21-18-19-22-31(29)41)48-39(38)37(36)30-23-24-42(2)28-34(30)45/h7-8,10-11,18-19,21-22,26-27,30,34,44-45H,3-6,9,12-17,20,23-25,28H2,1-2H3/b8-7-,11-10-/t30?,34-/m0/s1. The van der Waals surface area contributed by atoms with Gasteiger partial charge in [0, 0.05) is 35.7 Å². The van der Waals surface area contributed by atoms with Crippen LogP contribution in [0.15, 0.2) is 69.9 Å². The molecule has 1 aliphatic heterocycles. The fraction of sp³-hybridized carbons (Fsp3) is 0.500. The van der Waals surface area contributed by atoms with Crippen molar-refractivity contribution < 1.29 is 28.9 Å². The Balaban J connectivity index is 1.32. The summed E-state index contributed by atoms with van der Waals surface area (Å²) in [5, 5.41) is 22.4. The molecule has 266 valence electrons. The van der Waals surface area contributed by atoms with Gasteiger partial charge in [0.1, 0.15) is 28.2 Å². The number of aromatic hydroxyl groups is 1. The molecule has 1 saturated heterocycles. The molecule has 1 fully saturated rings. The third-order valence-electron chi connectivity index (χ3n) is 9.04. The highest BCUT2D eigenvalue weighted by atomic mass is 35.5. The van der Waals surface area contributed by atoms with Gasteiger partial charge in [-0.2, -0.15) is 0 Å². The number of phenolic OH excluding ortho intramolecular Hbond substituents is 1. The van der Waals surface area contributed by atoms with E-state index in [1.54, 1.807) is 24.3 Å². The molecule has 1 aromatic heterocycles. The van der Waals surface area contributed by atoms with Crippen LogP contribution < -0.4 is 10.2 Å². The largest absolute Gasteiger partial charge is 0.513 e. The van der Waals surface area contributed by atoms with Gasteiger partial charge in [0.05, 0.1) is 17.7 Å². The Bertz CT molecular complexity index is 1610. The predicted molar refractivity (Wildman–Crippen MR) is 197 cm³/mol. The molecule has 1 aliphatic rings. The molecule has 2 atom stereocenters. The number of unbranched alkanes of at least 4 members (excludes halogenated alkanes) is 9. The van der Waals surface area contributed by atoms with Crippen molar-refractivity contribution in [1.29, 1.82) is 0 Å². The summed E-state index contributed by atoms with van der Waals surface area (Å²) in [6, 6.07) is 9.46. The van der Waals surface area contributed by atoms with E-state index in [0.29, 0.717) is 42.1 Å². The number of likely N-dealkylation sites (tertiary alicyclic amines) is 1. The van der Waals surface area contributed by atoms with Gasteiger partial charge in [-0.25, -0.2) is 4.79 Å². The minimum atomic E-state index is -0.922. The highest BCUT2D eigenvalue weighted by Gasteiger charge is 2.34. The molecule has 0 spiro atoms. The number of allylic oxidation sites excluding steroid dienone is 4. The lowest BCUT2D eigenvalue weighted by molar-refractivity contribution is 0.0616. The number of benzene rings is 2. The van der Waals surface area contributed by atoms with Crippen molar-refractivity contribution >= 4 is 28.7 Å². The Morgan fingerprint density at radius 2 is 1.69 bits per heavy atom. The van der Waals surface area contributed by atoms with E-state index in [1.807, 2.05) is 11.9 Å². The molecule has 4 rings (SSSR count). The molecule has 9 heteroatoms. The van der Waals surface area contributed by atoms with Gasteiger partial charge in [0.2, 0.25) is 0 Å². The van der Waals surface area contributed by atoms with Crippen LogP contribution in [-0.4, -0.2) is 54.1 Å². The van der Waals surface area contributed by atoms with Crippen LogP contribution in [0.3, 0.4) is 0 Å². The lowest BCUT2D eigenvalue weighted by atomic mass is 9.85. The molecule has 3 aromatic rings. The van der Waals surface area contributed by atoms with E-state index < -0.39 is 29.4 Å². The first-order valence-electron chi connectivity index (χ1n) is 17.9. The second kappa shape index (κ2) is 20.2. The maximum atomic E-state index is 13.3. The van der Waals surface area contributed by atoms with Gasteiger partial charge in [-0.3, -0.25) is 4.79 Å². The number of hydrogen-bond acceptors (Lipinski definition) is 8. The number of ether oxygens (including phenoxy) is 2. The van der Waals surface area contributed by atoms with Crippen LogP contribution in [0.1, 0.15) is 102 Å². The molecular formula is C40H52ClNO7. The highest BCUT2D eigenvalue weighted by Crippen LogP contribution is 2.43. The number of carbonyl (C=O) groups is 1. The van der Waals surface area contributed by atoms with E-state index in [4.69, 9.17) is 25.5 Å². The van der Waals surface area contributed by atoms with Crippen LogP contribution in [-0.2, 0) is 4.74 Å². The van der Waals surface area contributed by atoms with Gasteiger partial charge in [0.25, 0.3) is 0 Å². The maximum absolute atomic E-state index is 13.3. The second-order valence-corrected chi connectivity index (χ2v) is 13.4. The van der Waals surface area contributed by atoms with Crippen LogP contribution in [0.5, 0.6) is 11.5 Å². The fourth-order valence-corrected chi connectivity index (χ4v) is 6.56. The van der Waals surface area contributed by atoms with E-state index in [1.165, 1.54) is 50.7 Å². The van der Waals surface area contributed by atoms with Crippen molar-refractivity contribution in [3.8, 4) is 22.8 Å². The number of nitrogens with zero attached hydrogens (tertiary/aromatic N) is 1. The van der Waals surface area contributed by atoms with Gasteiger partial charge in [0.15, 0.2) is 5.43 Å². The molecule has 2 heterocycles. The summed E-state index contributed by atoms with van der Waals surface area (Å²) in [5.74, 6) is -0.739. The monoisotopic (exact) mass is 693 g/mol. The summed E-state index contributed by atoms with van der Waals surface area (Å²) in [6.07, 6.45) is 21.2. The van der Waals surface area contributed by atoms with Crippen LogP contribution in [0.2, 0.25) is 5.02 Å². The lowest BCUT2D eigenvalue weighted by Crippen LogP contribution is -2.40. The third-order valence-corrected chi connectivity index (χ3v) is 9.36. The number of hydrogen-bond donors (Lipinski definition) is 2. The molecule has 8 nitrogen and oxygen atoms in total. The van der Waals surface area contributed by atoms with E-state index in [9.17, 15) is 19.8 Å². The maximum Gasteiger partial charge on any atom is 0.513 e. The highest BCUT2D eigenvalue weighted by molar-refractivity contribution is 6.33. The number of aliphatic hydroxyl groups excluding tert-OH is 1. The van der Waals surface area contributed by atoms with Crippen LogP contribution in [0, 0.1) is 0 Å². The number of halogens is 1. The average molecular weight is 694 g/mol. The van der Waals surface area contributed by atoms with Gasteiger partial charge in [-0.15, -0.1) is 0 Å². The average Bonchev–Trinajstić information content (AvgIpc) is 3.07. The van der Waals surface area contributed by atoms with Crippen molar-refractivity contribution in [1.82, 2.24) is 4.90 Å². The Morgan fingerprint density at radius 1 is 1.00 bits per heavy atom. The van der Waals surface area contributed by atoms with Crippen molar-refractivity contribution in [3.05, 3.63) is 81.5 Å². The fourth-order valence-electron chi connectivity index (χ4n) is 6.33. The molecule has 0 radical (unpaired) electrons. The molecule has 2 aromatic carbocycles. The molecule has 0 aliphatic carbocycles. The first kappa shape index (κ1) is 38.2. The number of aliphatic hydroxyl groups is 1. The van der Waals surface area contributed by atoms with Crippen molar-refractivity contribution in [2.45, 2.75) is 102 Å². The summed E-state index contributed by atoms with van der Waals surface area (Å²) < 4.78 is 17.3. The van der Waals surface area contributed by atoms with Crippen LogP contribution in [0.25, 0.3) is 22.3 Å². The number of carbonyl (C=O) groups excluding carboxylic acids is 1. The van der Waals surface area contributed by atoms with E-state index >= 15 is 0 Å². The molecule has 1 unspecified atom stereocenters. The van der Waals surface area contributed by atoms with Gasteiger partial charge in [-0.05, 0) is 70.7 Å². The summed E-state index contributed by atoms with van der Waals surface area (Å²) in [4.78, 5) is 28.2. The number of fused-ring (bicyclic) bond motifs is 1. The Kier molecular flexibility index (Phi) is 15.7. The topological polar surface area (TPSA) is 109 Å². The van der Waals surface area contributed by atoms with Crippen molar-refractivity contribution in [2.24, 2.45) is 0 Å². The Morgan fingerprint density at radius 3 is 2.41 bits per heavy atom. The van der Waals surface area contributed by atoms with E-state index in [2.05, 4.69) is 31.2 Å². The molecule has 0 bridgehead atoms. The van der Waals surface area contributed by atoms with Crippen molar-refractivity contribution in [3.63, 3.8) is 0 Å². The normalized spacial score (nSPS) is 17.0. The second-order valence-electron chi connectivity index (χ2n) is 13.0. The molecular weight excluding hydrogens is 642 g/mol. The van der Waals surface area contributed by atoms with Gasteiger partial charge >= 0.3 is 6.16 Å². The summed E-state index contributed by atoms with van der Waals surface area (Å²) in [6.45, 7) is 3.46. The molecule has 2 N–H and O–H groups in total. The molecule has 49 heavy (non-hydrogen) atoms. The van der Waals surface area contributed by atoms with Crippen LogP contribution >= 0.6 is 11.6 Å². The summed E-state index contributed by atoms with van der Waals surface area (Å²) in [7, 11) is 1.91. The number of phenols is 1. The first-order chi connectivity index (χ1) is 23.8. The molecule has 0 saturated carbocycles. The third kappa shape index (κ3) is 11.5. The number of likely N-dealkylation sites (N-methyl/N-ethyl adjacent to an activating group) is 1. The zero-order valence-electron chi connectivity index (χ0n) is 29.0. The zero-order chi connectivity index (χ0) is 35.0. The number of β-amino-alcohol motifs (C(OH)–C–C–N with tert-alkyl or cyclic N) is 1. The van der Waals surface area contributed by atoms with E-state index in [-0.39, 0.29) is 29.1 Å². The number of rotatable bonds is 18. The first-order valence-corrected chi connectivity index (χ1v) is 18.3. The summed E-state index contributed by atoms with van der Waals surface area (Å²) >= 11 is 6.42. The lowest BCUT2D eigenvalue weighted by Gasteiger charge is -2.34. The predicted octanol–water partition coefficient (Wildman–Crippen LogP) is 9.93. The SMILES string of the molecule is CCCCC/C=C\C/C=C\CCCCCCCCOC(=O)Oc1cc(O)c2c(=O)cc(-c3ccccc3Cl)oc2c1C1CCN(C)C[C@@H]1O. The minimum absolute atomic E-state index is 0.0138. The molecule has 0 amide bonds. The Labute approximate surface area is 295 Å². The Hall–Kier alpha value is -3.59. The smallest absolute Gasteiger partial charge is 0.507 e.